The summed E-state index contributed by atoms with van der Waals surface area (Å²) >= 11 is 0. The maximum atomic E-state index is 11.3. The average molecular weight is 293 g/mol. The van der Waals surface area contributed by atoms with Crippen molar-refractivity contribution in [3.05, 3.63) is 71.3 Å². The summed E-state index contributed by atoms with van der Waals surface area (Å²) in [6.07, 6.45) is 5.19. The van der Waals surface area contributed by atoms with Crippen LogP contribution >= 0.6 is 0 Å². The van der Waals surface area contributed by atoms with E-state index in [0.717, 1.165) is 27.9 Å². The monoisotopic (exact) mass is 293 g/mol. The highest BCUT2D eigenvalue weighted by Gasteiger charge is 2.01. The lowest BCUT2D eigenvalue weighted by Gasteiger charge is -2.05. The van der Waals surface area contributed by atoms with Crippen molar-refractivity contribution in [1.29, 1.82) is 0 Å². The minimum atomic E-state index is -0.231. The van der Waals surface area contributed by atoms with E-state index in [-0.39, 0.29) is 5.91 Å². The largest absolute Gasteiger partial charge is 0.507 e. The number of rotatable bonds is 4. The van der Waals surface area contributed by atoms with Crippen LogP contribution in [-0.4, -0.2) is 11.0 Å². The van der Waals surface area contributed by atoms with E-state index in [1.807, 2.05) is 62.4 Å². The van der Waals surface area contributed by atoms with Crippen molar-refractivity contribution in [2.75, 3.05) is 5.32 Å². The van der Waals surface area contributed by atoms with Crippen LogP contribution in [0.25, 0.3) is 12.2 Å². The third-order valence-corrected chi connectivity index (χ3v) is 3.32. The first-order valence-corrected chi connectivity index (χ1v) is 7.01. The Morgan fingerprint density at radius 2 is 1.73 bits per heavy atom. The molecule has 1 amide bonds. The van der Waals surface area contributed by atoms with E-state index in [4.69, 9.17) is 0 Å². The summed E-state index contributed by atoms with van der Waals surface area (Å²) in [7, 11) is 0. The van der Waals surface area contributed by atoms with Gasteiger partial charge in [-0.05, 0) is 66.4 Å². The van der Waals surface area contributed by atoms with Gasteiger partial charge in [-0.1, -0.05) is 30.9 Å². The van der Waals surface area contributed by atoms with Crippen LogP contribution in [0.3, 0.4) is 0 Å². The third kappa shape index (κ3) is 3.85. The number of benzene rings is 2. The molecule has 2 aromatic rings. The number of aryl methyl sites for hydroxylation is 2. The Labute approximate surface area is 130 Å². The quantitative estimate of drug-likeness (QED) is 0.652. The van der Waals surface area contributed by atoms with E-state index >= 15 is 0 Å². The van der Waals surface area contributed by atoms with Crippen LogP contribution in [0.5, 0.6) is 5.75 Å². The normalized spacial score (nSPS) is 10.6. The Morgan fingerprint density at radius 3 is 2.36 bits per heavy atom. The second-order valence-electron chi connectivity index (χ2n) is 5.16. The molecule has 0 saturated heterocycles. The molecule has 0 aliphatic carbocycles. The topological polar surface area (TPSA) is 49.3 Å². The number of aromatic hydroxyl groups is 1. The van der Waals surface area contributed by atoms with Gasteiger partial charge in [-0.3, -0.25) is 4.79 Å². The Balaban J connectivity index is 2.21. The number of carbonyl (C=O) groups excluding carboxylic acids is 1. The predicted octanol–water partition coefficient (Wildman–Crippen LogP) is 4.30. The Hall–Kier alpha value is -2.81. The van der Waals surface area contributed by atoms with Crippen LogP contribution in [0.2, 0.25) is 0 Å². The van der Waals surface area contributed by atoms with Gasteiger partial charge in [-0.2, -0.15) is 0 Å². The molecule has 0 fully saturated rings. The molecule has 0 bridgehead atoms. The molecule has 0 radical (unpaired) electrons. The Kier molecular flexibility index (Phi) is 4.79. The van der Waals surface area contributed by atoms with E-state index in [1.54, 1.807) is 0 Å². The number of hydrogen-bond acceptors (Lipinski definition) is 2. The Bertz CT molecular complexity index is 722. The highest BCUT2D eigenvalue weighted by Crippen LogP contribution is 2.24. The third-order valence-electron chi connectivity index (χ3n) is 3.32. The number of phenolic OH excluding ortho intramolecular Hbond substituents is 1. The van der Waals surface area contributed by atoms with Crippen LogP contribution in [0.15, 0.2) is 49.1 Å². The lowest BCUT2D eigenvalue weighted by molar-refractivity contribution is -0.111. The lowest BCUT2D eigenvalue weighted by atomic mass is 10.0. The minimum Gasteiger partial charge on any atom is -0.507 e. The lowest BCUT2D eigenvalue weighted by Crippen LogP contribution is -2.06. The minimum absolute atomic E-state index is 0.231. The number of carbonyl (C=O) groups is 1. The maximum Gasteiger partial charge on any atom is 0.247 e. The molecule has 2 aromatic carbocycles. The van der Waals surface area contributed by atoms with Gasteiger partial charge in [0.05, 0.1) is 0 Å². The summed E-state index contributed by atoms with van der Waals surface area (Å²) in [5.41, 5.74) is 4.43. The van der Waals surface area contributed by atoms with Crippen molar-refractivity contribution in [2.24, 2.45) is 0 Å². The maximum absolute atomic E-state index is 11.3. The van der Waals surface area contributed by atoms with Crippen LogP contribution < -0.4 is 5.32 Å². The van der Waals surface area contributed by atoms with Crippen LogP contribution in [0, 0.1) is 13.8 Å². The average Bonchev–Trinajstić information content (AvgIpc) is 2.50. The van der Waals surface area contributed by atoms with Crippen molar-refractivity contribution in [3.8, 4) is 5.75 Å². The number of amides is 1. The first-order valence-electron chi connectivity index (χ1n) is 7.01. The zero-order chi connectivity index (χ0) is 16.1. The van der Waals surface area contributed by atoms with Gasteiger partial charge in [0.15, 0.2) is 0 Å². The number of phenols is 1. The molecule has 0 saturated carbocycles. The summed E-state index contributed by atoms with van der Waals surface area (Å²) in [6, 6.07) is 11.4. The van der Waals surface area contributed by atoms with Gasteiger partial charge >= 0.3 is 0 Å². The number of anilines is 1. The second-order valence-corrected chi connectivity index (χ2v) is 5.16. The number of hydrogen-bond donors (Lipinski definition) is 2. The smallest absolute Gasteiger partial charge is 0.247 e. The van der Waals surface area contributed by atoms with Crippen LogP contribution in [0.1, 0.15) is 22.3 Å². The molecule has 22 heavy (non-hydrogen) atoms. The predicted molar refractivity (Wildman–Crippen MR) is 91.8 cm³/mol. The second kappa shape index (κ2) is 6.76. The highest BCUT2D eigenvalue weighted by atomic mass is 16.3. The molecule has 3 heteroatoms. The van der Waals surface area contributed by atoms with Crippen molar-refractivity contribution in [3.63, 3.8) is 0 Å². The van der Waals surface area contributed by atoms with E-state index in [2.05, 4.69) is 11.9 Å². The van der Waals surface area contributed by atoms with Crippen molar-refractivity contribution in [1.82, 2.24) is 0 Å². The molecule has 0 atom stereocenters. The zero-order valence-electron chi connectivity index (χ0n) is 12.8. The fraction of sp³-hybridized carbons (Fsp3) is 0.105. The van der Waals surface area contributed by atoms with Gasteiger partial charge in [-0.15, -0.1) is 0 Å². The molecule has 0 heterocycles. The molecule has 0 unspecified atom stereocenters. The number of nitrogens with one attached hydrogen (secondary N) is 1. The summed E-state index contributed by atoms with van der Waals surface area (Å²) in [5.74, 6) is 0.109. The standard InChI is InChI=1S/C19H19NO2/c1-4-18(21)20-17-7-5-6-15(12-17)8-9-16-10-13(2)19(22)14(3)11-16/h4-12,22H,1H2,2-3H3,(H,20,21)/b9-8+. The molecule has 2 N–H and O–H groups in total. The fourth-order valence-electron chi connectivity index (χ4n) is 2.19. The van der Waals surface area contributed by atoms with Crippen molar-refractivity contribution in [2.45, 2.75) is 13.8 Å². The van der Waals surface area contributed by atoms with Gasteiger partial charge in [0.1, 0.15) is 5.75 Å². The molecular formula is C19H19NO2. The molecule has 112 valence electrons. The summed E-state index contributed by atoms with van der Waals surface area (Å²) in [5, 5.41) is 12.5. The SMILES string of the molecule is C=CC(=O)Nc1cccc(/C=C/c2cc(C)c(O)c(C)c2)c1. The van der Waals surface area contributed by atoms with Gasteiger partial charge in [0, 0.05) is 5.69 Å². The summed E-state index contributed by atoms with van der Waals surface area (Å²) in [4.78, 5) is 11.3. The molecule has 0 aliphatic rings. The fourth-order valence-corrected chi connectivity index (χ4v) is 2.19. The van der Waals surface area contributed by atoms with Crippen molar-refractivity contribution < 1.29 is 9.90 Å². The summed E-state index contributed by atoms with van der Waals surface area (Å²) < 4.78 is 0. The van der Waals surface area contributed by atoms with E-state index in [1.165, 1.54) is 6.08 Å². The highest BCUT2D eigenvalue weighted by molar-refractivity contribution is 5.99. The Morgan fingerprint density at radius 1 is 1.09 bits per heavy atom. The van der Waals surface area contributed by atoms with E-state index < -0.39 is 0 Å². The van der Waals surface area contributed by atoms with E-state index in [0.29, 0.717) is 5.75 Å². The van der Waals surface area contributed by atoms with E-state index in [9.17, 15) is 9.90 Å². The van der Waals surface area contributed by atoms with Gasteiger partial charge in [0.25, 0.3) is 0 Å². The molecule has 3 nitrogen and oxygen atoms in total. The van der Waals surface area contributed by atoms with Gasteiger partial charge in [-0.25, -0.2) is 0 Å². The molecule has 0 aromatic heterocycles. The van der Waals surface area contributed by atoms with Gasteiger partial charge in [0.2, 0.25) is 5.91 Å². The molecule has 0 spiro atoms. The van der Waals surface area contributed by atoms with Gasteiger partial charge < -0.3 is 10.4 Å². The summed E-state index contributed by atoms with van der Waals surface area (Å²) in [6.45, 7) is 7.19. The van der Waals surface area contributed by atoms with Crippen LogP contribution in [0.4, 0.5) is 5.69 Å². The first-order chi connectivity index (χ1) is 10.5. The molecule has 0 aliphatic heterocycles. The van der Waals surface area contributed by atoms with Crippen molar-refractivity contribution >= 4 is 23.7 Å². The molecular weight excluding hydrogens is 274 g/mol. The first kappa shape index (κ1) is 15.6. The zero-order valence-corrected chi connectivity index (χ0v) is 12.8. The molecule has 2 rings (SSSR count). The van der Waals surface area contributed by atoms with Crippen LogP contribution in [-0.2, 0) is 4.79 Å².